The zero-order chi connectivity index (χ0) is 27.2. The molecule has 2 aromatic rings. The molecule has 0 radical (unpaired) electrons. The van der Waals surface area contributed by atoms with Crippen LogP contribution in [0.3, 0.4) is 0 Å². The molecule has 2 aromatic heterocycles. The van der Waals surface area contributed by atoms with E-state index >= 15 is 0 Å². The number of hydrogen-bond acceptors (Lipinski definition) is 8. The molecule has 38 heavy (non-hydrogen) atoms. The number of piperazine rings is 1. The second-order valence-corrected chi connectivity index (χ2v) is 11.2. The highest BCUT2D eigenvalue weighted by Gasteiger charge is 2.33. The van der Waals surface area contributed by atoms with Gasteiger partial charge in [-0.05, 0) is 38.0 Å². The van der Waals surface area contributed by atoms with Crippen molar-refractivity contribution in [2.24, 2.45) is 0 Å². The molecule has 2 amide bonds. The molecular weight excluding hydrogens is 522 g/mol. The van der Waals surface area contributed by atoms with Crippen molar-refractivity contribution in [3.05, 3.63) is 44.7 Å². The molecule has 0 N–H and O–H groups in total. The molecule has 2 aliphatic rings. The first-order chi connectivity index (χ1) is 18.3. The zero-order valence-electron chi connectivity index (χ0n) is 22.3. The Bertz CT molecular complexity index is 1300. The molecular formula is C27H35N5O4S2. The van der Waals surface area contributed by atoms with Gasteiger partial charge in [0.1, 0.15) is 15.8 Å². The lowest BCUT2D eigenvalue weighted by atomic mass is 10.1. The lowest BCUT2D eigenvalue weighted by molar-refractivity contribution is -0.122. The zero-order valence-corrected chi connectivity index (χ0v) is 23.9. The summed E-state index contributed by atoms with van der Waals surface area (Å²) in [5.74, 6) is 0.342. The van der Waals surface area contributed by atoms with E-state index in [2.05, 4.69) is 6.92 Å². The number of anilines is 1. The number of thioether (sulfide) groups is 1. The summed E-state index contributed by atoms with van der Waals surface area (Å²) < 4.78 is 7.18. The average molecular weight is 558 g/mol. The van der Waals surface area contributed by atoms with E-state index in [-0.39, 0.29) is 17.6 Å². The van der Waals surface area contributed by atoms with E-state index in [1.165, 1.54) is 29.0 Å². The predicted octanol–water partition coefficient (Wildman–Crippen LogP) is 4.45. The fourth-order valence-electron chi connectivity index (χ4n) is 4.63. The molecule has 0 unspecified atom stereocenters. The van der Waals surface area contributed by atoms with Crippen LogP contribution >= 0.6 is 24.0 Å². The summed E-state index contributed by atoms with van der Waals surface area (Å²) in [6, 6.07) is 3.73. The quantitative estimate of drug-likeness (QED) is 0.254. The van der Waals surface area contributed by atoms with Crippen molar-refractivity contribution in [2.75, 3.05) is 44.2 Å². The minimum atomic E-state index is -0.340. The number of fused-ring (bicyclic) bond motifs is 1. The van der Waals surface area contributed by atoms with E-state index < -0.39 is 0 Å². The van der Waals surface area contributed by atoms with Crippen molar-refractivity contribution in [1.29, 1.82) is 0 Å². The van der Waals surface area contributed by atoms with Gasteiger partial charge in [0.25, 0.3) is 11.5 Å². The number of aromatic nitrogens is 2. The molecule has 4 heterocycles. The smallest absolute Gasteiger partial charge is 0.409 e. The molecule has 0 aliphatic carbocycles. The van der Waals surface area contributed by atoms with Crippen LogP contribution in [-0.2, 0) is 9.53 Å². The summed E-state index contributed by atoms with van der Waals surface area (Å²) in [7, 11) is 0. The highest BCUT2D eigenvalue weighted by Crippen LogP contribution is 2.34. The minimum Gasteiger partial charge on any atom is -0.450 e. The number of carbonyl (C=O) groups excluding carboxylic acids is 2. The van der Waals surface area contributed by atoms with Crippen LogP contribution in [0, 0.1) is 6.92 Å². The molecule has 2 fully saturated rings. The molecule has 0 aromatic carbocycles. The Labute approximate surface area is 232 Å². The number of amides is 2. The van der Waals surface area contributed by atoms with Gasteiger partial charge in [-0.1, -0.05) is 62.7 Å². The topological polar surface area (TPSA) is 87.5 Å². The average Bonchev–Trinajstić information content (AvgIpc) is 3.18. The maximum atomic E-state index is 13.7. The molecule has 9 nitrogen and oxygen atoms in total. The van der Waals surface area contributed by atoms with E-state index in [1.54, 1.807) is 29.0 Å². The Hall–Kier alpha value is -2.92. The highest BCUT2D eigenvalue weighted by molar-refractivity contribution is 8.26. The first-order valence-electron chi connectivity index (χ1n) is 13.3. The number of pyridine rings is 1. The molecule has 0 spiro atoms. The molecule has 11 heteroatoms. The van der Waals surface area contributed by atoms with Crippen molar-refractivity contribution in [2.45, 2.75) is 52.9 Å². The number of carbonyl (C=O) groups is 2. The van der Waals surface area contributed by atoms with Gasteiger partial charge < -0.3 is 14.5 Å². The van der Waals surface area contributed by atoms with E-state index in [9.17, 15) is 14.4 Å². The maximum Gasteiger partial charge on any atom is 0.409 e. The number of unbranched alkanes of at least 4 members (excludes halogenated alkanes) is 4. The van der Waals surface area contributed by atoms with Crippen LogP contribution in [0.1, 0.15) is 57.1 Å². The van der Waals surface area contributed by atoms with Gasteiger partial charge in [-0.2, -0.15) is 0 Å². The van der Waals surface area contributed by atoms with Gasteiger partial charge >= 0.3 is 6.09 Å². The lowest BCUT2D eigenvalue weighted by Crippen LogP contribution is -2.49. The van der Waals surface area contributed by atoms with Crippen LogP contribution in [0.2, 0.25) is 0 Å². The molecule has 2 saturated heterocycles. The van der Waals surface area contributed by atoms with Crippen molar-refractivity contribution >= 4 is 57.8 Å². The van der Waals surface area contributed by atoms with Crippen molar-refractivity contribution in [1.82, 2.24) is 19.2 Å². The van der Waals surface area contributed by atoms with Crippen LogP contribution < -0.4 is 10.5 Å². The van der Waals surface area contributed by atoms with Gasteiger partial charge in [-0.15, -0.1) is 0 Å². The van der Waals surface area contributed by atoms with Crippen LogP contribution in [0.25, 0.3) is 11.7 Å². The third-order valence-electron chi connectivity index (χ3n) is 6.72. The van der Waals surface area contributed by atoms with E-state index in [0.29, 0.717) is 65.6 Å². The number of thiocarbonyl (C=S) groups is 1. The number of ether oxygens (including phenoxy) is 1. The van der Waals surface area contributed by atoms with Gasteiger partial charge in [0.15, 0.2) is 0 Å². The fraction of sp³-hybridized carbons (Fsp3) is 0.519. The Kier molecular flexibility index (Phi) is 9.43. The predicted molar refractivity (Wildman–Crippen MR) is 156 cm³/mol. The largest absolute Gasteiger partial charge is 0.450 e. The minimum absolute atomic E-state index is 0.165. The second-order valence-electron chi connectivity index (χ2n) is 9.51. The Morgan fingerprint density at radius 2 is 1.84 bits per heavy atom. The van der Waals surface area contributed by atoms with E-state index in [1.807, 2.05) is 24.0 Å². The molecule has 0 atom stereocenters. The van der Waals surface area contributed by atoms with Crippen molar-refractivity contribution in [3.8, 4) is 0 Å². The molecule has 4 rings (SSSR count). The summed E-state index contributed by atoms with van der Waals surface area (Å²) in [6.07, 6.45) is 8.52. The highest BCUT2D eigenvalue weighted by atomic mass is 32.2. The first-order valence-corrected chi connectivity index (χ1v) is 14.5. The summed E-state index contributed by atoms with van der Waals surface area (Å²) in [6.45, 7) is 8.67. The molecule has 2 aliphatic heterocycles. The van der Waals surface area contributed by atoms with Crippen molar-refractivity contribution in [3.63, 3.8) is 0 Å². The Morgan fingerprint density at radius 1 is 1.11 bits per heavy atom. The Balaban J connectivity index is 1.64. The van der Waals surface area contributed by atoms with E-state index in [0.717, 1.165) is 24.8 Å². The van der Waals surface area contributed by atoms with Crippen LogP contribution in [0.5, 0.6) is 0 Å². The first kappa shape index (κ1) is 28.1. The van der Waals surface area contributed by atoms with Gasteiger partial charge in [-0.25, -0.2) is 9.78 Å². The lowest BCUT2D eigenvalue weighted by Gasteiger charge is -2.35. The summed E-state index contributed by atoms with van der Waals surface area (Å²) >= 11 is 6.76. The van der Waals surface area contributed by atoms with E-state index in [4.69, 9.17) is 21.9 Å². The summed E-state index contributed by atoms with van der Waals surface area (Å²) in [5, 5.41) is 0. The van der Waals surface area contributed by atoms with Gasteiger partial charge in [0, 0.05) is 38.9 Å². The number of nitrogens with zero attached hydrogens (tertiary/aromatic N) is 5. The van der Waals surface area contributed by atoms with Gasteiger partial charge in [0.05, 0.1) is 17.1 Å². The normalized spacial score (nSPS) is 17.2. The number of aryl methyl sites for hydroxylation is 1. The monoisotopic (exact) mass is 557 g/mol. The Morgan fingerprint density at radius 3 is 2.55 bits per heavy atom. The summed E-state index contributed by atoms with van der Waals surface area (Å²) in [5.41, 5.74) is 1.56. The number of rotatable bonds is 9. The fourth-order valence-corrected chi connectivity index (χ4v) is 5.92. The molecule has 204 valence electrons. The summed E-state index contributed by atoms with van der Waals surface area (Å²) in [4.78, 5) is 49.8. The van der Waals surface area contributed by atoms with Crippen LogP contribution in [0.15, 0.2) is 28.0 Å². The van der Waals surface area contributed by atoms with Crippen LogP contribution in [0.4, 0.5) is 10.6 Å². The third kappa shape index (κ3) is 6.20. The van der Waals surface area contributed by atoms with Crippen LogP contribution in [-0.4, -0.2) is 74.8 Å². The SMILES string of the molecule is CCCCCCCN1C(=O)/C(=C\c2c(N3CCN(C(=O)OCC)CC3)nc3ccc(C)cn3c2=O)SC1=S. The maximum absolute atomic E-state index is 13.7. The second kappa shape index (κ2) is 12.8. The third-order valence-corrected chi connectivity index (χ3v) is 8.10. The molecule has 0 bridgehead atoms. The van der Waals surface area contributed by atoms with Gasteiger partial charge in [-0.3, -0.25) is 18.9 Å². The van der Waals surface area contributed by atoms with Gasteiger partial charge in [0.2, 0.25) is 0 Å². The van der Waals surface area contributed by atoms with Crippen molar-refractivity contribution < 1.29 is 14.3 Å². The standard InChI is InChI=1S/C27H35N5O4S2/c1-4-6-7-8-9-12-31-25(34)21(38-27(31)37)17-20-23(28-22-11-10-19(3)18-32(22)24(20)33)29-13-15-30(16-14-29)26(35)36-5-2/h10-11,17-18H,4-9,12-16H2,1-3H3/b21-17+. The molecule has 0 saturated carbocycles. The number of hydrogen-bond donors (Lipinski definition) is 0.